The van der Waals surface area contributed by atoms with E-state index < -0.39 is 35.0 Å². The average Bonchev–Trinajstić information content (AvgIpc) is 3.03. The van der Waals surface area contributed by atoms with Crippen molar-refractivity contribution in [3.8, 4) is 0 Å². The molecule has 0 aromatic carbocycles. The fourth-order valence-electron chi connectivity index (χ4n) is 5.74. The Bertz CT molecular complexity index is 810. The summed E-state index contributed by atoms with van der Waals surface area (Å²) in [5.74, 6) is -2.70. The van der Waals surface area contributed by atoms with Gasteiger partial charge in [-0.1, -0.05) is 44.9 Å². The first-order valence-electron chi connectivity index (χ1n) is 11.4. The van der Waals surface area contributed by atoms with Crippen molar-refractivity contribution in [2.24, 2.45) is 11.8 Å². The number of β-amino-alcohol motifs (C(OH)–C–C–N with tert-alkyl or cyclic N) is 1. The van der Waals surface area contributed by atoms with Gasteiger partial charge in [-0.05, 0) is 18.9 Å². The second kappa shape index (κ2) is 8.39. The number of rotatable bonds is 7. The Morgan fingerprint density at radius 3 is 2.58 bits per heavy atom. The zero-order valence-corrected chi connectivity index (χ0v) is 18.3. The number of cyclic esters (lactones) is 1. The summed E-state index contributed by atoms with van der Waals surface area (Å²) >= 11 is 0. The monoisotopic (exact) mass is 432 g/mol. The summed E-state index contributed by atoms with van der Waals surface area (Å²) in [6, 6.07) is -0.908. The Labute approximate surface area is 182 Å². The van der Waals surface area contributed by atoms with E-state index in [2.05, 4.69) is 6.92 Å². The Kier molecular flexibility index (Phi) is 5.96. The van der Waals surface area contributed by atoms with Crippen LogP contribution in [-0.4, -0.2) is 82.8 Å². The third-order valence-electron chi connectivity index (χ3n) is 7.15. The van der Waals surface area contributed by atoms with E-state index in [9.17, 15) is 19.5 Å². The van der Waals surface area contributed by atoms with E-state index in [1.165, 1.54) is 4.90 Å². The minimum absolute atomic E-state index is 0.0181. The van der Waals surface area contributed by atoms with Crippen molar-refractivity contribution in [2.75, 3.05) is 32.8 Å². The van der Waals surface area contributed by atoms with Crippen molar-refractivity contribution >= 4 is 17.8 Å². The fourth-order valence-corrected chi connectivity index (χ4v) is 5.74. The molecule has 0 radical (unpaired) electrons. The molecule has 4 aliphatic heterocycles. The predicted molar refractivity (Wildman–Crippen MR) is 112 cm³/mol. The molecule has 0 saturated carbocycles. The Balaban J connectivity index is 1.80. The molecule has 170 valence electrons. The molecule has 4 aliphatic rings. The van der Waals surface area contributed by atoms with Crippen LogP contribution in [-0.2, 0) is 23.9 Å². The van der Waals surface area contributed by atoms with Crippen LogP contribution in [0.2, 0.25) is 0 Å². The third kappa shape index (κ3) is 3.22. The smallest absolute Gasteiger partial charge is 0.313 e. The number of carbonyl (C=O) groups excluding carboxylic acids is 3. The van der Waals surface area contributed by atoms with Crippen molar-refractivity contribution in [1.82, 2.24) is 9.80 Å². The molecule has 2 amide bonds. The second-order valence-corrected chi connectivity index (χ2v) is 8.80. The molecule has 0 aromatic heterocycles. The van der Waals surface area contributed by atoms with Crippen LogP contribution in [0.1, 0.15) is 39.5 Å². The molecule has 1 N–H and O–H groups in total. The Morgan fingerprint density at radius 2 is 1.87 bits per heavy atom. The molecule has 8 heteroatoms. The van der Waals surface area contributed by atoms with E-state index >= 15 is 0 Å². The van der Waals surface area contributed by atoms with Crippen LogP contribution in [0.15, 0.2) is 24.3 Å². The van der Waals surface area contributed by atoms with Crippen LogP contribution in [0.3, 0.4) is 0 Å². The maximum Gasteiger partial charge on any atom is 0.313 e. The molecule has 0 aliphatic carbocycles. The second-order valence-electron chi connectivity index (χ2n) is 8.80. The number of esters is 1. The number of unbranched alkanes of at least 4 members (excludes halogenated alkanes) is 2. The van der Waals surface area contributed by atoms with Gasteiger partial charge in [0.25, 0.3) is 0 Å². The Hall–Kier alpha value is -2.19. The zero-order chi connectivity index (χ0) is 22.2. The number of hydrogen-bond acceptors (Lipinski definition) is 6. The van der Waals surface area contributed by atoms with Crippen LogP contribution in [0.4, 0.5) is 0 Å². The topological polar surface area (TPSA) is 96.4 Å². The standard InChI is InChI=1S/C23H32N2O6/c1-3-5-6-11-24-12-7-10-23-16(19(27)25(13-14-26)18(23)20(24)28)17-21(29)30-15-8-9-22(17,4-2)31-23/h7-10,16-18,26H,3-6,11-15H2,1-2H3/t16-,17-,18?,22+,23-/m0/s1. The molecule has 4 heterocycles. The largest absolute Gasteiger partial charge is 0.461 e. The summed E-state index contributed by atoms with van der Waals surface area (Å²) in [4.78, 5) is 43.5. The van der Waals surface area contributed by atoms with E-state index in [-0.39, 0.29) is 31.6 Å². The lowest BCUT2D eigenvalue weighted by Gasteiger charge is -2.38. The van der Waals surface area contributed by atoms with Gasteiger partial charge in [0.2, 0.25) is 11.8 Å². The lowest BCUT2D eigenvalue weighted by atomic mass is 9.73. The molecule has 0 aromatic rings. The normalized spacial score (nSPS) is 36.7. The average molecular weight is 433 g/mol. The zero-order valence-electron chi connectivity index (χ0n) is 18.3. The first-order chi connectivity index (χ1) is 15.0. The van der Waals surface area contributed by atoms with Crippen LogP contribution in [0.5, 0.6) is 0 Å². The number of hydrogen-bond donors (Lipinski definition) is 1. The molecule has 2 saturated heterocycles. The van der Waals surface area contributed by atoms with Gasteiger partial charge in [0.05, 0.1) is 12.5 Å². The number of fused-ring (bicyclic) bond motifs is 2. The number of amides is 2. The quantitative estimate of drug-likeness (QED) is 0.367. The summed E-state index contributed by atoms with van der Waals surface area (Å²) in [5, 5.41) is 9.64. The highest BCUT2D eigenvalue weighted by Crippen LogP contribution is 2.58. The number of aliphatic hydroxyl groups is 1. The van der Waals surface area contributed by atoms with Gasteiger partial charge in [0.1, 0.15) is 29.8 Å². The van der Waals surface area contributed by atoms with Gasteiger partial charge >= 0.3 is 5.97 Å². The van der Waals surface area contributed by atoms with Crippen LogP contribution < -0.4 is 0 Å². The lowest BCUT2D eigenvalue weighted by molar-refractivity contribution is -0.159. The van der Waals surface area contributed by atoms with Gasteiger partial charge in [-0.3, -0.25) is 14.4 Å². The van der Waals surface area contributed by atoms with Gasteiger partial charge in [-0.2, -0.15) is 0 Å². The molecule has 1 unspecified atom stereocenters. The van der Waals surface area contributed by atoms with Crippen molar-refractivity contribution < 1.29 is 29.0 Å². The van der Waals surface area contributed by atoms with E-state index in [0.717, 1.165) is 19.3 Å². The van der Waals surface area contributed by atoms with Crippen LogP contribution in [0.25, 0.3) is 0 Å². The van der Waals surface area contributed by atoms with Gasteiger partial charge in [-0.15, -0.1) is 0 Å². The fraction of sp³-hybridized carbons (Fsp3) is 0.696. The highest BCUT2D eigenvalue weighted by Gasteiger charge is 2.75. The first-order valence-corrected chi connectivity index (χ1v) is 11.4. The van der Waals surface area contributed by atoms with Gasteiger partial charge in [0, 0.05) is 19.6 Å². The molecule has 2 fully saturated rings. The van der Waals surface area contributed by atoms with Gasteiger partial charge in [-0.25, -0.2) is 0 Å². The number of carbonyl (C=O) groups is 3. The summed E-state index contributed by atoms with van der Waals surface area (Å²) in [5.41, 5.74) is -2.26. The van der Waals surface area contributed by atoms with Gasteiger partial charge < -0.3 is 24.4 Å². The SMILES string of the molecule is CCCCCN1CC=C[C@]23O[C@]4(CC)C=CCOC(=O)[C@@H]4[C@H]2C(=O)N(CCO)C3C1=O. The Morgan fingerprint density at radius 1 is 1.06 bits per heavy atom. The van der Waals surface area contributed by atoms with E-state index in [1.807, 2.05) is 25.2 Å². The number of nitrogens with zero attached hydrogens (tertiary/aromatic N) is 2. The maximum absolute atomic E-state index is 13.7. The van der Waals surface area contributed by atoms with Crippen molar-refractivity contribution in [3.05, 3.63) is 24.3 Å². The molecular formula is C23H32N2O6. The summed E-state index contributed by atoms with van der Waals surface area (Å²) < 4.78 is 12.0. The van der Waals surface area contributed by atoms with Crippen molar-refractivity contribution in [2.45, 2.75) is 56.8 Å². The highest BCUT2D eigenvalue weighted by molar-refractivity contribution is 5.99. The van der Waals surface area contributed by atoms with E-state index in [0.29, 0.717) is 19.5 Å². The molecular weight excluding hydrogens is 400 g/mol. The minimum atomic E-state index is -1.26. The van der Waals surface area contributed by atoms with Crippen LogP contribution in [0, 0.1) is 11.8 Å². The van der Waals surface area contributed by atoms with E-state index in [4.69, 9.17) is 9.47 Å². The summed E-state index contributed by atoms with van der Waals surface area (Å²) in [6.45, 7) is 4.93. The number of ether oxygens (including phenoxy) is 2. The molecule has 1 spiro atoms. The summed E-state index contributed by atoms with van der Waals surface area (Å²) in [7, 11) is 0. The van der Waals surface area contributed by atoms with Crippen LogP contribution >= 0.6 is 0 Å². The van der Waals surface area contributed by atoms with Crippen molar-refractivity contribution in [1.29, 1.82) is 0 Å². The summed E-state index contributed by atoms with van der Waals surface area (Å²) in [6.07, 6.45) is 10.7. The number of likely N-dealkylation sites (tertiary alicyclic amines) is 1. The molecule has 31 heavy (non-hydrogen) atoms. The third-order valence-corrected chi connectivity index (χ3v) is 7.15. The molecule has 5 atom stereocenters. The molecule has 8 nitrogen and oxygen atoms in total. The van der Waals surface area contributed by atoms with E-state index in [1.54, 1.807) is 11.0 Å². The highest BCUT2D eigenvalue weighted by atomic mass is 16.6. The maximum atomic E-state index is 13.7. The minimum Gasteiger partial charge on any atom is -0.461 e. The van der Waals surface area contributed by atoms with Gasteiger partial charge in [0.15, 0.2) is 0 Å². The molecule has 4 rings (SSSR count). The lowest BCUT2D eigenvalue weighted by Crippen LogP contribution is -2.56. The first kappa shape index (κ1) is 22.0. The van der Waals surface area contributed by atoms with Crippen molar-refractivity contribution in [3.63, 3.8) is 0 Å². The number of aliphatic hydroxyl groups excluding tert-OH is 1. The molecule has 0 bridgehead atoms. The predicted octanol–water partition coefficient (Wildman–Crippen LogP) is 1.04.